The summed E-state index contributed by atoms with van der Waals surface area (Å²) in [6.07, 6.45) is -3.43. The number of hydrazine groups is 1. The SMILES string of the molecule is CN(C)N(C)P(N)(Cl)(c1ccccc1)c1ccccc1. The fraction of sp³-hybridized carbons (Fsp3) is 0.200. The zero-order valence-electron chi connectivity index (χ0n) is 12.1. The van der Waals surface area contributed by atoms with Crippen molar-refractivity contribution in [2.24, 2.45) is 5.50 Å². The van der Waals surface area contributed by atoms with Crippen LogP contribution in [0.2, 0.25) is 0 Å². The molecular weight excluding hydrogens is 289 g/mol. The van der Waals surface area contributed by atoms with Gasteiger partial charge in [0, 0.05) is 0 Å². The Kier molecular flexibility index (Phi) is 4.19. The summed E-state index contributed by atoms with van der Waals surface area (Å²) < 4.78 is 1.96. The van der Waals surface area contributed by atoms with E-state index in [9.17, 15) is 0 Å². The van der Waals surface area contributed by atoms with Crippen LogP contribution in [0.1, 0.15) is 0 Å². The van der Waals surface area contributed by atoms with E-state index in [1.54, 1.807) is 0 Å². The molecule has 0 unspecified atom stereocenters. The fourth-order valence-corrected chi connectivity index (χ4v) is 6.48. The Labute approximate surface area is 125 Å². The standard InChI is InChI=1S/C15H21ClN3P/c1-18(2)19(3)20(16,17,14-10-6-4-7-11-14)15-12-8-5-9-13-15/h4-13H,17H2,1-3H3. The number of halogens is 1. The zero-order chi connectivity index (χ0) is 14.8. The maximum atomic E-state index is 7.18. The van der Waals surface area contributed by atoms with Crippen molar-refractivity contribution >= 4 is 28.1 Å². The summed E-state index contributed by atoms with van der Waals surface area (Å²) >= 11 is 7.18. The Bertz CT molecular complexity index is 529. The first-order valence-corrected chi connectivity index (χ1v) is 9.60. The van der Waals surface area contributed by atoms with E-state index in [-0.39, 0.29) is 0 Å². The van der Waals surface area contributed by atoms with Crippen molar-refractivity contribution < 1.29 is 0 Å². The Morgan fingerprint density at radius 3 is 1.45 bits per heavy atom. The Morgan fingerprint density at radius 2 is 1.15 bits per heavy atom. The molecule has 0 aliphatic heterocycles. The third-order valence-corrected chi connectivity index (χ3v) is 9.52. The first-order chi connectivity index (χ1) is 9.37. The van der Waals surface area contributed by atoms with Crippen molar-refractivity contribution in [1.29, 1.82) is 0 Å². The number of rotatable bonds is 4. The molecule has 0 aromatic heterocycles. The molecule has 2 aromatic carbocycles. The van der Waals surface area contributed by atoms with Gasteiger partial charge in [-0.05, 0) is 0 Å². The minimum atomic E-state index is -3.43. The predicted molar refractivity (Wildman–Crippen MR) is 90.6 cm³/mol. The number of benzene rings is 2. The van der Waals surface area contributed by atoms with Crippen LogP contribution in [0.3, 0.4) is 0 Å². The molecule has 2 aromatic rings. The van der Waals surface area contributed by atoms with Crippen molar-refractivity contribution in [3.8, 4) is 0 Å². The van der Waals surface area contributed by atoms with Gasteiger partial charge in [0.2, 0.25) is 0 Å². The zero-order valence-corrected chi connectivity index (χ0v) is 13.7. The number of hydrogen-bond donors (Lipinski definition) is 1. The van der Waals surface area contributed by atoms with E-state index >= 15 is 0 Å². The van der Waals surface area contributed by atoms with Gasteiger partial charge in [-0.15, -0.1) is 0 Å². The molecule has 108 valence electrons. The summed E-state index contributed by atoms with van der Waals surface area (Å²) in [5, 5.41) is 3.83. The quantitative estimate of drug-likeness (QED) is 0.696. The molecule has 0 fully saturated rings. The molecule has 5 heteroatoms. The third kappa shape index (κ3) is 2.37. The van der Waals surface area contributed by atoms with Crippen LogP contribution in [0.5, 0.6) is 0 Å². The van der Waals surface area contributed by atoms with Crippen molar-refractivity contribution in [2.45, 2.75) is 0 Å². The average molecular weight is 310 g/mol. The second-order valence-electron chi connectivity index (χ2n) is 5.04. The molecule has 0 saturated carbocycles. The van der Waals surface area contributed by atoms with Crippen LogP contribution in [0.4, 0.5) is 0 Å². The molecule has 2 N–H and O–H groups in total. The van der Waals surface area contributed by atoms with E-state index in [2.05, 4.69) is 0 Å². The van der Waals surface area contributed by atoms with Crippen molar-refractivity contribution in [3.05, 3.63) is 60.7 Å². The summed E-state index contributed by atoms with van der Waals surface area (Å²) in [5.74, 6) is 0. The molecule has 0 spiro atoms. The van der Waals surface area contributed by atoms with Crippen molar-refractivity contribution in [2.75, 3.05) is 21.1 Å². The summed E-state index contributed by atoms with van der Waals surface area (Å²) in [7, 11) is 5.83. The molecule has 0 atom stereocenters. The van der Waals surface area contributed by atoms with Crippen LogP contribution in [-0.2, 0) is 0 Å². The van der Waals surface area contributed by atoms with Crippen LogP contribution in [-0.4, -0.2) is 30.9 Å². The van der Waals surface area contributed by atoms with Crippen LogP contribution < -0.4 is 16.1 Å². The Balaban J connectivity index is 2.73. The Hall–Kier alpha value is -0.960. The maximum absolute atomic E-state index is 7.18. The van der Waals surface area contributed by atoms with Gasteiger partial charge in [0.1, 0.15) is 0 Å². The van der Waals surface area contributed by atoms with Gasteiger partial charge in [0.15, 0.2) is 0 Å². The van der Waals surface area contributed by atoms with Gasteiger partial charge in [-0.1, -0.05) is 0 Å². The van der Waals surface area contributed by atoms with E-state index < -0.39 is 6.26 Å². The van der Waals surface area contributed by atoms with Gasteiger partial charge in [-0.2, -0.15) is 0 Å². The topological polar surface area (TPSA) is 32.5 Å². The van der Waals surface area contributed by atoms with Crippen molar-refractivity contribution in [1.82, 2.24) is 9.79 Å². The summed E-state index contributed by atoms with van der Waals surface area (Å²) in [6.45, 7) is 0. The van der Waals surface area contributed by atoms with E-state index in [1.807, 2.05) is 91.6 Å². The molecule has 0 heterocycles. The van der Waals surface area contributed by atoms with Gasteiger partial charge in [0.05, 0.1) is 0 Å². The van der Waals surface area contributed by atoms with Crippen LogP contribution >= 0.6 is 17.5 Å². The number of nitrogens with zero attached hydrogens (tertiary/aromatic N) is 2. The van der Waals surface area contributed by atoms with E-state index in [1.165, 1.54) is 0 Å². The molecule has 0 aliphatic rings. The summed E-state index contributed by atoms with van der Waals surface area (Å²) in [4.78, 5) is 0. The number of hydrogen-bond acceptors (Lipinski definition) is 3. The van der Waals surface area contributed by atoms with E-state index in [4.69, 9.17) is 16.7 Å². The summed E-state index contributed by atoms with van der Waals surface area (Å²) in [5.41, 5.74) is 6.91. The monoisotopic (exact) mass is 309 g/mol. The average Bonchev–Trinajstić information content (AvgIpc) is 2.48. The van der Waals surface area contributed by atoms with Gasteiger partial charge in [-0.3, -0.25) is 0 Å². The first-order valence-electron chi connectivity index (χ1n) is 6.44. The van der Waals surface area contributed by atoms with Crippen LogP contribution in [0, 0.1) is 0 Å². The molecule has 0 amide bonds. The molecule has 20 heavy (non-hydrogen) atoms. The third-order valence-electron chi connectivity index (χ3n) is 3.64. The molecule has 0 saturated heterocycles. The molecule has 3 nitrogen and oxygen atoms in total. The van der Waals surface area contributed by atoms with E-state index in [0.29, 0.717) is 0 Å². The summed E-state index contributed by atoms with van der Waals surface area (Å²) in [6, 6.07) is 19.8. The Morgan fingerprint density at radius 1 is 0.800 bits per heavy atom. The first kappa shape index (κ1) is 15.4. The fourth-order valence-electron chi connectivity index (χ4n) is 2.26. The van der Waals surface area contributed by atoms with Gasteiger partial charge < -0.3 is 0 Å². The molecule has 0 radical (unpaired) electrons. The second-order valence-corrected chi connectivity index (χ2v) is 10.8. The van der Waals surface area contributed by atoms with Gasteiger partial charge in [0.25, 0.3) is 0 Å². The van der Waals surface area contributed by atoms with Crippen LogP contribution in [0.25, 0.3) is 0 Å². The van der Waals surface area contributed by atoms with Crippen molar-refractivity contribution in [3.63, 3.8) is 0 Å². The predicted octanol–water partition coefficient (Wildman–Crippen LogP) is 2.54. The minimum absolute atomic E-state index is 0.947. The van der Waals surface area contributed by atoms with Gasteiger partial charge in [-0.25, -0.2) is 0 Å². The molecule has 0 aliphatic carbocycles. The normalized spacial score (nSPS) is 14.2. The molecule has 2 rings (SSSR count). The molecule has 0 bridgehead atoms. The van der Waals surface area contributed by atoms with E-state index in [0.717, 1.165) is 10.6 Å². The number of nitrogens with two attached hydrogens (primary N) is 1. The molecular formula is C15H21ClN3P. The second kappa shape index (κ2) is 5.44. The van der Waals surface area contributed by atoms with Crippen LogP contribution in [0.15, 0.2) is 60.7 Å². The van der Waals surface area contributed by atoms with Gasteiger partial charge >= 0.3 is 125 Å².